The van der Waals surface area contributed by atoms with Crippen molar-refractivity contribution in [2.24, 2.45) is 0 Å². The molecule has 94 valence electrons. The van der Waals surface area contributed by atoms with Gasteiger partial charge in [-0.3, -0.25) is 4.98 Å². The molecular formula is C15H17NO2. The van der Waals surface area contributed by atoms with Crippen molar-refractivity contribution >= 4 is 0 Å². The van der Waals surface area contributed by atoms with Crippen LogP contribution >= 0.6 is 0 Å². The van der Waals surface area contributed by atoms with Gasteiger partial charge in [0.25, 0.3) is 0 Å². The SMILES string of the molecule is Cc1ccc(OCc2cccnc2)c(C(C)O)c1. The third-order valence-corrected chi connectivity index (χ3v) is 2.73. The van der Waals surface area contributed by atoms with E-state index in [1.807, 2.05) is 37.3 Å². The van der Waals surface area contributed by atoms with Gasteiger partial charge < -0.3 is 9.84 Å². The zero-order chi connectivity index (χ0) is 13.0. The van der Waals surface area contributed by atoms with Crippen molar-refractivity contribution < 1.29 is 9.84 Å². The minimum atomic E-state index is -0.534. The smallest absolute Gasteiger partial charge is 0.125 e. The van der Waals surface area contributed by atoms with Crippen LogP contribution in [-0.4, -0.2) is 10.1 Å². The lowest BCUT2D eigenvalue weighted by molar-refractivity contribution is 0.190. The van der Waals surface area contributed by atoms with E-state index in [0.29, 0.717) is 6.61 Å². The average Bonchev–Trinajstić information content (AvgIpc) is 2.38. The second kappa shape index (κ2) is 5.65. The van der Waals surface area contributed by atoms with Crippen LogP contribution in [-0.2, 0) is 6.61 Å². The number of pyridine rings is 1. The molecule has 0 aliphatic carbocycles. The molecule has 0 bridgehead atoms. The first kappa shape index (κ1) is 12.6. The van der Waals surface area contributed by atoms with E-state index in [0.717, 1.165) is 22.4 Å². The van der Waals surface area contributed by atoms with E-state index in [2.05, 4.69) is 4.98 Å². The lowest BCUT2D eigenvalue weighted by Gasteiger charge is -2.14. The number of benzene rings is 1. The Hall–Kier alpha value is -1.87. The number of nitrogens with zero attached hydrogens (tertiary/aromatic N) is 1. The van der Waals surface area contributed by atoms with Gasteiger partial charge in [-0.2, -0.15) is 0 Å². The van der Waals surface area contributed by atoms with E-state index in [-0.39, 0.29) is 0 Å². The summed E-state index contributed by atoms with van der Waals surface area (Å²) in [6, 6.07) is 9.66. The summed E-state index contributed by atoms with van der Waals surface area (Å²) in [5.41, 5.74) is 2.94. The summed E-state index contributed by atoms with van der Waals surface area (Å²) in [5, 5.41) is 9.73. The van der Waals surface area contributed by atoms with Gasteiger partial charge >= 0.3 is 0 Å². The molecule has 0 amide bonds. The predicted octanol–water partition coefficient (Wildman–Crippen LogP) is 3.02. The molecule has 18 heavy (non-hydrogen) atoms. The monoisotopic (exact) mass is 243 g/mol. The Bertz CT molecular complexity index is 509. The maximum atomic E-state index is 9.73. The van der Waals surface area contributed by atoms with Crippen molar-refractivity contribution in [3.05, 3.63) is 59.4 Å². The molecule has 0 aliphatic rings. The van der Waals surface area contributed by atoms with E-state index in [9.17, 15) is 5.11 Å². The molecule has 1 aromatic carbocycles. The Morgan fingerprint density at radius 1 is 1.33 bits per heavy atom. The third-order valence-electron chi connectivity index (χ3n) is 2.73. The number of aryl methyl sites for hydroxylation is 1. The molecule has 3 nitrogen and oxygen atoms in total. The van der Waals surface area contributed by atoms with Gasteiger partial charge in [0.15, 0.2) is 0 Å². The van der Waals surface area contributed by atoms with Crippen molar-refractivity contribution in [3.8, 4) is 5.75 Å². The van der Waals surface area contributed by atoms with Crippen LogP contribution in [0.15, 0.2) is 42.7 Å². The zero-order valence-electron chi connectivity index (χ0n) is 10.6. The zero-order valence-corrected chi connectivity index (χ0v) is 10.6. The minimum absolute atomic E-state index is 0.455. The highest BCUT2D eigenvalue weighted by molar-refractivity contribution is 5.38. The molecule has 1 unspecified atom stereocenters. The first-order valence-electron chi connectivity index (χ1n) is 5.97. The fourth-order valence-corrected chi connectivity index (χ4v) is 1.77. The number of hydrogen-bond acceptors (Lipinski definition) is 3. The van der Waals surface area contributed by atoms with Crippen LogP contribution in [0.1, 0.15) is 29.7 Å². The van der Waals surface area contributed by atoms with Crippen molar-refractivity contribution in [3.63, 3.8) is 0 Å². The first-order chi connectivity index (χ1) is 8.66. The van der Waals surface area contributed by atoms with Crippen LogP contribution in [0, 0.1) is 6.92 Å². The summed E-state index contributed by atoms with van der Waals surface area (Å²) in [7, 11) is 0. The Kier molecular flexibility index (Phi) is 3.95. The van der Waals surface area contributed by atoms with Gasteiger partial charge in [0.2, 0.25) is 0 Å². The number of aromatic nitrogens is 1. The molecule has 0 radical (unpaired) electrons. The third kappa shape index (κ3) is 3.08. The van der Waals surface area contributed by atoms with Crippen molar-refractivity contribution in [2.75, 3.05) is 0 Å². The Morgan fingerprint density at radius 2 is 2.17 bits per heavy atom. The maximum absolute atomic E-state index is 9.73. The molecule has 1 heterocycles. The van der Waals surface area contributed by atoms with Crippen LogP contribution in [0.5, 0.6) is 5.75 Å². The maximum Gasteiger partial charge on any atom is 0.125 e. The standard InChI is InChI=1S/C15H17NO2/c1-11-5-6-15(14(8-11)12(2)17)18-10-13-4-3-7-16-9-13/h3-9,12,17H,10H2,1-2H3. The topological polar surface area (TPSA) is 42.4 Å². The lowest BCUT2D eigenvalue weighted by atomic mass is 10.1. The van der Waals surface area contributed by atoms with Gasteiger partial charge in [-0.05, 0) is 32.0 Å². The molecule has 0 aliphatic heterocycles. The highest BCUT2D eigenvalue weighted by Crippen LogP contribution is 2.26. The Balaban J connectivity index is 2.14. The summed E-state index contributed by atoms with van der Waals surface area (Å²) >= 11 is 0. The van der Waals surface area contributed by atoms with Crippen molar-refractivity contribution in [1.82, 2.24) is 4.98 Å². The first-order valence-corrected chi connectivity index (χ1v) is 5.97. The average molecular weight is 243 g/mol. The van der Waals surface area contributed by atoms with E-state index < -0.39 is 6.10 Å². The van der Waals surface area contributed by atoms with Gasteiger partial charge in [0.05, 0.1) is 6.10 Å². The van der Waals surface area contributed by atoms with Crippen LogP contribution in [0.25, 0.3) is 0 Å². The van der Waals surface area contributed by atoms with Crippen LogP contribution in [0.2, 0.25) is 0 Å². The van der Waals surface area contributed by atoms with Gasteiger partial charge in [-0.1, -0.05) is 17.7 Å². The molecule has 0 saturated heterocycles. The van der Waals surface area contributed by atoms with E-state index in [1.54, 1.807) is 19.3 Å². The number of aliphatic hydroxyl groups excluding tert-OH is 1. The van der Waals surface area contributed by atoms with Crippen LogP contribution in [0.3, 0.4) is 0 Å². The Morgan fingerprint density at radius 3 is 2.83 bits per heavy atom. The molecular weight excluding hydrogens is 226 g/mol. The molecule has 0 spiro atoms. The largest absolute Gasteiger partial charge is 0.488 e. The molecule has 0 saturated carbocycles. The van der Waals surface area contributed by atoms with E-state index in [1.165, 1.54) is 0 Å². The van der Waals surface area contributed by atoms with Gasteiger partial charge in [0, 0.05) is 23.5 Å². The highest BCUT2D eigenvalue weighted by Gasteiger charge is 2.09. The fraction of sp³-hybridized carbons (Fsp3) is 0.267. The molecule has 0 fully saturated rings. The highest BCUT2D eigenvalue weighted by atomic mass is 16.5. The summed E-state index contributed by atoms with van der Waals surface area (Å²) in [4.78, 5) is 4.04. The summed E-state index contributed by atoms with van der Waals surface area (Å²) in [6.07, 6.45) is 2.97. The minimum Gasteiger partial charge on any atom is -0.488 e. The molecule has 2 aromatic rings. The molecule has 3 heteroatoms. The lowest BCUT2D eigenvalue weighted by Crippen LogP contribution is -2.01. The van der Waals surface area contributed by atoms with Gasteiger partial charge in [-0.15, -0.1) is 0 Å². The van der Waals surface area contributed by atoms with Crippen molar-refractivity contribution in [2.45, 2.75) is 26.6 Å². The summed E-state index contributed by atoms with van der Waals surface area (Å²) in [6.45, 7) is 4.19. The van der Waals surface area contributed by atoms with Crippen molar-refractivity contribution in [1.29, 1.82) is 0 Å². The van der Waals surface area contributed by atoms with Gasteiger partial charge in [-0.25, -0.2) is 0 Å². The number of hydrogen-bond donors (Lipinski definition) is 1. The number of ether oxygens (including phenoxy) is 1. The summed E-state index contributed by atoms with van der Waals surface area (Å²) in [5.74, 6) is 0.722. The van der Waals surface area contributed by atoms with Crippen LogP contribution < -0.4 is 4.74 Å². The Labute approximate surface area is 107 Å². The van der Waals surface area contributed by atoms with E-state index in [4.69, 9.17) is 4.74 Å². The molecule has 1 N–H and O–H groups in total. The molecule has 1 atom stereocenters. The normalized spacial score (nSPS) is 12.2. The van der Waals surface area contributed by atoms with Gasteiger partial charge in [0.1, 0.15) is 12.4 Å². The van der Waals surface area contributed by atoms with Crippen LogP contribution in [0.4, 0.5) is 0 Å². The number of rotatable bonds is 4. The quantitative estimate of drug-likeness (QED) is 0.897. The summed E-state index contributed by atoms with van der Waals surface area (Å²) < 4.78 is 5.74. The second-order valence-electron chi connectivity index (χ2n) is 4.37. The van der Waals surface area contributed by atoms with E-state index >= 15 is 0 Å². The molecule has 1 aromatic heterocycles. The predicted molar refractivity (Wildman–Crippen MR) is 70.4 cm³/mol. The number of aliphatic hydroxyl groups is 1. The fourth-order valence-electron chi connectivity index (χ4n) is 1.77. The molecule has 2 rings (SSSR count). The second-order valence-corrected chi connectivity index (χ2v) is 4.37.